The fourth-order valence-corrected chi connectivity index (χ4v) is 2.07. The van der Waals surface area contributed by atoms with E-state index in [1.807, 2.05) is 0 Å². The number of hydrogen-bond acceptors (Lipinski definition) is 0. The van der Waals surface area contributed by atoms with Gasteiger partial charge in [0.25, 0.3) is 0 Å². The molecule has 0 atom stereocenters. The summed E-state index contributed by atoms with van der Waals surface area (Å²) >= 11 is 0. The minimum Gasteiger partial charge on any atom is -0.0888 e. The Kier molecular flexibility index (Phi) is 16.0. The van der Waals surface area contributed by atoms with Crippen LogP contribution in [0.1, 0.15) is 90.9 Å². The smallest absolute Gasteiger partial charge is 0.0351 e. The van der Waals surface area contributed by atoms with Crippen LogP contribution in [0.15, 0.2) is 24.3 Å². The zero-order chi connectivity index (χ0) is 13.3. The fraction of sp³-hybridized carbons (Fsp3) is 0.778. The third-order valence-electron chi connectivity index (χ3n) is 3.28. The zero-order valence-corrected chi connectivity index (χ0v) is 12.8. The summed E-state index contributed by atoms with van der Waals surface area (Å²) in [7, 11) is 0. The molecule has 18 heavy (non-hydrogen) atoms. The topological polar surface area (TPSA) is 0 Å². The van der Waals surface area contributed by atoms with Gasteiger partial charge in [-0.15, -0.1) is 0 Å². The van der Waals surface area contributed by atoms with E-state index in [0.29, 0.717) is 0 Å². The van der Waals surface area contributed by atoms with Crippen LogP contribution in [0.25, 0.3) is 0 Å². The molecule has 0 unspecified atom stereocenters. The third-order valence-corrected chi connectivity index (χ3v) is 3.28. The third kappa shape index (κ3) is 15.5. The van der Waals surface area contributed by atoms with E-state index in [0.717, 1.165) is 0 Å². The van der Waals surface area contributed by atoms with Gasteiger partial charge in [-0.1, -0.05) is 76.7 Å². The molecular weight excluding hydrogens is 216 g/mol. The van der Waals surface area contributed by atoms with Gasteiger partial charge in [0.05, 0.1) is 0 Å². The summed E-state index contributed by atoms with van der Waals surface area (Å²) < 4.78 is 0. The van der Waals surface area contributed by atoms with Crippen molar-refractivity contribution in [3.05, 3.63) is 24.3 Å². The van der Waals surface area contributed by atoms with Gasteiger partial charge in [-0.05, 0) is 38.5 Å². The van der Waals surface area contributed by atoms with E-state index in [1.165, 1.54) is 77.0 Å². The molecule has 0 aromatic rings. The maximum atomic E-state index is 2.38. The Morgan fingerprint density at radius 2 is 0.944 bits per heavy atom. The van der Waals surface area contributed by atoms with Crippen LogP contribution in [-0.4, -0.2) is 0 Å². The lowest BCUT2D eigenvalue weighted by Crippen LogP contribution is -1.79. The molecule has 0 radical (unpaired) electrons. The Bertz CT molecular complexity index is 188. The van der Waals surface area contributed by atoms with Gasteiger partial charge < -0.3 is 0 Å². The summed E-state index contributed by atoms with van der Waals surface area (Å²) in [6, 6.07) is 0. The van der Waals surface area contributed by atoms with E-state index in [4.69, 9.17) is 0 Å². The summed E-state index contributed by atoms with van der Waals surface area (Å²) in [6.45, 7) is 4.46. The average molecular weight is 250 g/mol. The van der Waals surface area contributed by atoms with Crippen LogP contribution in [0.4, 0.5) is 0 Å². The molecule has 0 saturated carbocycles. The fourth-order valence-electron chi connectivity index (χ4n) is 2.07. The Morgan fingerprint density at radius 1 is 0.500 bits per heavy atom. The normalized spacial score (nSPS) is 11.9. The van der Waals surface area contributed by atoms with Crippen molar-refractivity contribution in [3.8, 4) is 0 Å². The maximum Gasteiger partial charge on any atom is -0.0351 e. The summed E-state index contributed by atoms with van der Waals surface area (Å²) in [5, 5.41) is 0. The highest BCUT2D eigenvalue weighted by Crippen LogP contribution is 2.09. The molecule has 0 nitrogen and oxygen atoms in total. The van der Waals surface area contributed by atoms with Gasteiger partial charge >= 0.3 is 0 Å². The molecule has 0 heterocycles. The maximum absolute atomic E-state index is 2.38. The van der Waals surface area contributed by atoms with Crippen LogP contribution >= 0.6 is 0 Å². The molecule has 0 fully saturated rings. The van der Waals surface area contributed by atoms with Crippen LogP contribution in [0.5, 0.6) is 0 Å². The van der Waals surface area contributed by atoms with Crippen LogP contribution in [0.3, 0.4) is 0 Å². The van der Waals surface area contributed by atoms with Crippen molar-refractivity contribution in [1.29, 1.82) is 0 Å². The van der Waals surface area contributed by atoms with Crippen molar-refractivity contribution in [2.75, 3.05) is 0 Å². The Balaban J connectivity index is 3.03. The molecule has 0 aliphatic carbocycles. The van der Waals surface area contributed by atoms with Gasteiger partial charge in [-0.25, -0.2) is 0 Å². The van der Waals surface area contributed by atoms with E-state index in [2.05, 4.69) is 38.2 Å². The number of unbranched alkanes of at least 4 members (excludes halogenated alkanes) is 9. The summed E-state index contributed by atoms with van der Waals surface area (Å²) in [5.74, 6) is 0. The first-order valence-electron chi connectivity index (χ1n) is 8.21. The van der Waals surface area contributed by atoms with Gasteiger partial charge in [-0.3, -0.25) is 0 Å². The molecule has 0 heteroatoms. The van der Waals surface area contributed by atoms with Gasteiger partial charge in [0.1, 0.15) is 0 Å². The summed E-state index contributed by atoms with van der Waals surface area (Å²) in [4.78, 5) is 0. The highest BCUT2D eigenvalue weighted by atomic mass is 14.0. The lowest BCUT2D eigenvalue weighted by atomic mass is 10.1. The molecule has 0 aromatic heterocycles. The molecule has 0 bridgehead atoms. The Labute approximate surface area is 116 Å². The van der Waals surface area contributed by atoms with E-state index in [9.17, 15) is 0 Å². The molecule has 0 aliphatic rings. The van der Waals surface area contributed by atoms with Crippen LogP contribution in [-0.2, 0) is 0 Å². The highest BCUT2D eigenvalue weighted by Gasteiger charge is 1.89. The molecular formula is C18H34. The second-order valence-electron chi connectivity index (χ2n) is 5.19. The molecule has 0 saturated heterocycles. The first-order chi connectivity index (χ1) is 8.91. The molecule has 0 N–H and O–H groups in total. The number of hydrogen-bond donors (Lipinski definition) is 0. The minimum absolute atomic E-state index is 1.19. The van der Waals surface area contributed by atoms with Gasteiger partial charge in [-0.2, -0.15) is 0 Å². The van der Waals surface area contributed by atoms with Crippen molar-refractivity contribution in [2.45, 2.75) is 90.9 Å². The quantitative estimate of drug-likeness (QED) is 0.248. The Morgan fingerprint density at radius 3 is 1.44 bits per heavy atom. The van der Waals surface area contributed by atoms with Gasteiger partial charge in [0.15, 0.2) is 0 Å². The standard InChI is InChI=1S/C18H34/c1-3-5-7-9-11-13-15-17-18-16-14-12-10-8-6-4-2/h5,7,10,12H,3-4,6,8-9,11,13-18H2,1-2H3/b7-5+,12-10?. The summed E-state index contributed by atoms with van der Waals surface area (Å²) in [6.07, 6.45) is 25.5. The first-order valence-corrected chi connectivity index (χ1v) is 8.21. The minimum atomic E-state index is 1.19. The molecule has 0 spiro atoms. The van der Waals surface area contributed by atoms with E-state index < -0.39 is 0 Å². The Hall–Kier alpha value is -0.520. The number of allylic oxidation sites excluding steroid dienone is 4. The van der Waals surface area contributed by atoms with Crippen LogP contribution in [0, 0.1) is 0 Å². The van der Waals surface area contributed by atoms with Gasteiger partial charge in [0.2, 0.25) is 0 Å². The number of rotatable bonds is 13. The predicted octanol–water partition coefficient (Wildman–Crippen LogP) is 6.82. The molecule has 0 aliphatic heterocycles. The highest BCUT2D eigenvalue weighted by molar-refractivity contribution is 4.81. The first kappa shape index (κ1) is 17.5. The monoisotopic (exact) mass is 250 g/mol. The van der Waals surface area contributed by atoms with Crippen molar-refractivity contribution in [2.24, 2.45) is 0 Å². The van der Waals surface area contributed by atoms with E-state index in [1.54, 1.807) is 0 Å². The van der Waals surface area contributed by atoms with Crippen LogP contribution in [0.2, 0.25) is 0 Å². The second-order valence-corrected chi connectivity index (χ2v) is 5.19. The second kappa shape index (κ2) is 16.5. The molecule has 0 rings (SSSR count). The van der Waals surface area contributed by atoms with Crippen molar-refractivity contribution in [1.82, 2.24) is 0 Å². The summed E-state index contributed by atoms with van der Waals surface area (Å²) in [5.41, 5.74) is 0. The van der Waals surface area contributed by atoms with Crippen LogP contribution < -0.4 is 0 Å². The zero-order valence-electron chi connectivity index (χ0n) is 12.8. The lowest BCUT2D eigenvalue weighted by molar-refractivity contribution is 0.599. The molecule has 0 aromatic carbocycles. The lowest BCUT2D eigenvalue weighted by Gasteiger charge is -1.99. The largest absolute Gasteiger partial charge is 0.0888 e. The molecule has 106 valence electrons. The van der Waals surface area contributed by atoms with Crippen molar-refractivity contribution >= 4 is 0 Å². The predicted molar refractivity (Wildman–Crippen MR) is 85.0 cm³/mol. The van der Waals surface area contributed by atoms with Gasteiger partial charge in [0, 0.05) is 0 Å². The van der Waals surface area contributed by atoms with Crippen molar-refractivity contribution in [3.63, 3.8) is 0 Å². The average Bonchev–Trinajstić information content (AvgIpc) is 2.39. The van der Waals surface area contributed by atoms with Crippen molar-refractivity contribution < 1.29 is 0 Å². The SMILES string of the molecule is CC/C=C/CCCCCCCCC=CCCCC. The van der Waals surface area contributed by atoms with E-state index >= 15 is 0 Å². The van der Waals surface area contributed by atoms with E-state index in [-0.39, 0.29) is 0 Å². The molecule has 0 amide bonds.